The van der Waals surface area contributed by atoms with E-state index in [1.165, 1.54) is 12.8 Å². The molecule has 5 nitrogen and oxygen atoms in total. The fourth-order valence-corrected chi connectivity index (χ4v) is 3.45. The molecule has 0 aromatic heterocycles. The minimum absolute atomic E-state index is 0.0209. The van der Waals surface area contributed by atoms with Gasteiger partial charge in [0.15, 0.2) is 0 Å². The van der Waals surface area contributed by atoms with E-state index >= 15 is 0 Å². The smallest absolute Gasteiger partial charge is 0.245 e. The third-order valence-corrected chi connectivity index (χ3v) is 4.96. The molecule has 2 saturated carbocycles. The Kier molecular flexibility index (Phi) is 4.48. The first-order valence-corrected chi connectivity index (χ1v) is 8.39. The van der Waals surface area contributed by atoms with Crippen molar-refractivity contribution in [3.8, 4) is 0 Å². The molecule has 118 valence electrons. The van der Waals surface area contributed by atoms with E-state index in [0.29, 0.717) is 12.3 Å². The van der Waals surface area contributed by atoms with Gasteiger partial charge in [-0.2, -0.15) is 0 Å². The number of carbonyl (C=O) groups excluding carboxylic acids is 2. The summed E-state index contributed by atoms with van der Waals surface area (Å²) in [6, 6.07) is 0. The first-order valence-electron chi connectivity index (χ1n) is 8.39. The second kappa shape index (κ2) is 6.34. The van der Waals surface area contributed by atoms with Crippen LogP contribution in [0.5, 0.6) is 0 Å². The summed E-state index contributed by atoms with van der Waals surface area (Å²) in [5.74, 6) is 0.646. The summed E-state index contributed by atoms with van der Waals surface area (Å²) in [6.07, 6.45) is 8.40. The molecular weight excluding hydrogens is 268 g/mol. The highest BCUT2D eigenvalue weighted by molar-refractivity contribution is 5.91. The van der Waals surface area contributed by atoms with Gasteiger partial charge in [0.05, 0.1) is 12.5 Å². The van der Waals surface area contributed by atoms with E-state index < -0.39 is 5.54 Å². The van der Waals surface area contributed by atoms with Crippen LogP contribution in [0.1, 0.15) is 57.8 Å². The van der Waals surface area contributed by atoms with Crippen LogP contribution in [0.25, 0.3) is 0 Å². The largest absolute Gasteiger partial charge is 0.378 e. The lowest BCUT2D eigenvalue weighted by Crippen LogP contribution is -2.57. The SMILES string of the molecule is O=C(C[C@H]1CCCO1)NC1(C(=O)NCC2CC2)CCCC1. The second-order valence-electron chi connectivity index (χ2n) is 6.83. The topological polar surface area (TPSA) is 67.4 Å². The molecule has 3 fully saturated rings. The molecule has 2 amide bonds. The molecule has 3 rings (SSSR count). The maximum Gasteiger partial charge on any atom is 0.245 e. The van der Waals surface area contributed by atoms with Crippen molar-refractivity contribution in [3.05, 3.63) is 0 Å². The Balaban J connectivity index is 1.54. The zero-order chi connectivity index (χ0) is 14.7. The first-order chi connectivity index (χ1) is 10.2. The second-order valence-corrected chi connectivity index (χ2v) is 6.83. The minimum atomic E-state index is -0.662. The molecule has 0 unspecified atom stereocenters. The van der Waals surface area contributed by atoms with Crippen LogP contribution in [-0.2, 0) is 14.3 Å². The van der Waals surface area contributed by atoms with Crippen molar-refractivity contribution in [3.63, 3.8) is 0 Å². The molecule has 21 heavy (non-hydrogen) atoms. The van der Waals surface area contributed by atoms with Crippen molar-refractivity contribution in [2.24, 2.45) is 5.92 Å². The molecule has 1 heterocycles. The van der Waals surface area contributed by atoms with Crippen molar-refractivity contribution >= 4 is 11.8 Å². The molecule has 0 spiro atoms. The Morgan fingerprint density at radius 1 is 1.10 bits per heavy atom. The molecule has 2 aliphatic carbocycles. The van der Waals surface area contributed by atoms with Crippen molar-refractivity contribution < 1.29 is 14.3 Å². The van der Waals surface area contributed by atoms with Gasteiger partial charge in [0.25, 0.3) is 0 Å². The van der Waals surface area contributed by atoms with Gasteiger partial charge in [-0.05, 0) is 44.4 Å². The summed E-state index contributed by atoms with van der Waals surface area (Å²) in [5, 5.41) is 6.07. The zero-order valence-electron chi connectivity index (χ0n) is 12.7. The van der Waals surface area contributed by atoms with Crippen LogP contribution < -0.4 is 10.6 Å². The summed E-state index contributed by atoms with van der Waals surface area (Å²) < 4.78 is 5.51. The molecule has 2 N–H and O–H groups in total. The van der Waals surface area contributed by atoms with E-state index in [1.807, 2.05) is 0 Å². The summed E-state index contributed by atoms with van der Waals surface area (Å²) in [4.78, 5) is 24.8. The lowest BCUT2D eigenvalue weighted by atomic mass is 9.95. The molecular formula is C16H26N2O3. The summed E-state index contributed by atoms with van der Waals surface area (Å²) >= 11 is 0. The maximum atomic E-state index is 12.5. The predicted octanol–water partition coefficient (Wildman–Crippen LogP) is 1.51. The van der Waals surface area contributed by atoms with Crippen molar-refractivity contribution in [2.75, 3.05) is 13.2 Å². The summed E-state index contributed by atoms with van der Waals surface area (Å²) in [6.45, 7) is 1.52. The number of nitrogens with one attached hydrogen (secondary N) is 2. The summed E-state index contributed by atoms with van der Waals surface area (Å²) in [7, 11) is 0. The lowest BCUT2D eigenvalue weighted by molar-refractivity contribution is -0.134. The van der Waals surface area contributed by atoms with Crippen molar-refractivity contribution in [2.45, 2.75) is 69.4 Å². The Morgan fingerprint density at radius 3 is 2.48 bits per heavy atom. The maximum absolute atomic E-state index is 12.5. The van der Waals surface area contributed by atoms with Crippen LogP contribution in [0.3, 0.4) is 0 Å². The van der Waals surface area contributed by atoms with E-state index in [-0.39, 0.29) is 17.9 Å². The highest BCUT2D eigenvalue weighted by Gasteiger charge is 2.43. The number of rotatable bonds is 6. The predicted molar refractivity (Wildman–Crippen MR) is 78.7 cm³/mol. The fraction of sp³-hybridized carbons (Fsp3) is 0.875. The van der Waals surface area contributed by atoms with Crippen LogP contribution in [-0.4, -0.2) is 36.6 Å². The van der Waals surface area contributed by atoms with Crippen molar-refractivity contribution in [1.29, 1.82) is 0 Å². The van der Waals surface area contributed by atoms with Crippen LogP contribution in [0.2, 0.25) is 0 Å². The highest BCUT2D eigenvalue weighted by atomic mass is 16.5. The third kappa shape index (κ3) is 3.76. The molecule has 0 bridgehead atoms. The first kappa shape index (κ1) is 14.8. The molecule has 3 aliphatic rings. The van der Waals surface area contributed by atoms with E-state index in [4.69, 9.17) is 4.74 Å². The Labute approximate surface area is 126 Å². The number of amides is 2. The van der Waals surface area contributed by atoms with Gasteiger partial charge >= 0.3 is 0 Å². The van der Waals surface area contributed by atoms with Crippen LogP contribution in [0.4, 0.5) is 0 Å². The summed E-state index contributed by atoms with van der Waals surface area (Å²) in [5.41, 5.74) is -0.662. The molecule has 5 heteroatoms. The minimum Gasteiger partial charge on any atom is -0.378 e. The molecule has 1 saturated heterocycles. The van der Waals surface area contributed by atoms with Crippen LogP contribution >= 0.6 is 0 Å². The van der Waals surface area contributed by atoms with Gasteiger partial charge in [-0.3, -0.25) is 9.59 Å². The van der Waals surface area contributed by atoms with Gasteiger partial charge in [-0.25, -0.2) is 0 Å². The molecule has 1 aliphatic heterocycles. The number of carbonyl (C=O) groups is 2. The Morgan fingerprint density at radius 2 is 1.86 bits per heavy atom. The standard InChI is InChI=1S/C16H26N2O3/c19-14(10-13-4-3-9-21-13)18-16(7-1-2-8-16)15(20)17-11-12-5-6-12/h12-13H,1-11H2,(H,17,20)(H,18,19)/t13-/m1/s1. The normalized spacial score (nSPS) is 27.5. The van der Waals surface area contributed by atoms with E-state index in [0.717, 1.165) is 51.7 Å². The Bertz CT molecular complexity index is 394. The van der Waals surface area contributed by atoms with Gasteiger partial charge < -0.3 is 15.4 Å². The molecule has 0 radical (unpaired) electrons. The highest BCUT2D eigenvalue weighted by Crippen LogP contribution is 2.32. The number of hydrogen-bond donors (Lipinski definition) is 2. The van der Waals surface area contributed by atoms with Gasteiger partial charge in [0.2, 0.25) is 11.8 Å². The van der Waals surface area contributed by atoms with Crippen LogP contribution in [0, 0.1) is 5.92 Å². The van der Waals surface area contributed by atoms with E-state index in [2.05, 4.69) is 10.6 Å². The average Bonchev–Trinajstić information content (AvgIpc) is 2.93. The van der Waals surface area contributed by atoms with Gasteiger partial charge in [-0.15, -0.1) is 0 Å². The van der Waals surface area contributed by atoms with Gasteiger partial charge in [-0.1, -0.05) is 12.8 Å². The quantitative estimate of drug-likeness (QED) is 0.780. The van der Waals surface area contributed by atoms with Crippen molar-refractivity contribution in [1.82, 2.24) is 10.6 Å². The number of hydrogen-bond acceptors (Lipinski definition) is 3. The molecule has 1 atom stereocenters. The fourth-order valence-electron chi connectivity index (χ4n) is 3.45. The Hall–Kier alpha value is -1.10. The molecule has 0 aromatic carbocycles. The number of ether oxygens (including phenoxy) is 1. The van der Waals surface area contributed by atoms with Crippen LogP contribution in [0.15, 0.2) is 0 Å². The zero-order valence-corrected chi connectivity index (χ0v) is 12.7. The van der Waals surface area contributed by atoms with E-state index in [1.54, 1.807) is 0 Å². The van der Waals surface area contributed by atoms with Gasteiger partial charge in [0.1, 0.15) is 5.54 Å². The van der Waals surface area contributed by atoms with Gasteiger partial charge in [0, 0.05) is 13.2 Å². The third-order valence-electron chi connectivity index (χ3n) is 4.96. The average molecular weight is 294 g/mol. The monoisotopic (exact) mass is 294 g/mol. The lowest BCUT2D eigenvalue weighted by Gasteiger charge is -2.29. The van der Waals surface area contributed by atoms with E-state index in [9.17, 15) is 9.59 Å². The molecule has 0 aromatic rings.